The van der Waals surface area contributed by atoms with Crippen molar-refractivity contribution in [3.63, 3.8) is 0 Å². The second-order valence-corrected chi connectivity index (χ2v) is 6.98. The molecule has 27 heavy (non-hydrogen) atoms. The van der Waals surface area contributed by atoms with Crippen LogP contribution in [0.3, 0.4) is 0 Å². The maximum absolute atomic E-state index is 12.1. The van der Waals surface area contributed by atoms with Gasteiger partial charge in [-0.15, -0.1) is 11.8 Å². The lowest BCUT2D eigenvalue weighted by Crippen LogP contribution is -2.23. The predicted octanol–water partition coefficient (Wildman–Crippen LogP) is 3.95. The molecule has 0 unspecified atom stereocenters. The number of nitrogens with one attached hydrogen (secondary N) is 1. The topological polar surface area (TPSA) is 64.1 Å². The van der Waals surface area contributed by atoms with Crippen LogP contribution in [0.1, 0.15) is 12.1 Å². The summed E-state index contributed by atoms with van der Waals surface area (Å²) >= 11 is 1.68. The van der Waals surface area contributed by atoms with Crippen molar-refractivity contribution >= 4 is 17.7 Å². The smallest absolute Gasteiger partial charge is 0.221 e. The first-order valence-electron chi connectivity index (χ1n) is 8.64. The van der Waals surface area contributed by atoms with E-state index in [2.05, 4.69) is 15.3 Å². The number of nitrogens with zero attached hydrogens (tertiary/aromatic N) is 2. The van der Waals surface area contributed by atoms with Crippen molar-refractivity contribution in [3.8, 4) is 17.0 Å². The zero-order chi connectivity index (χ0) is 18.9. The van der Waals surface area contributed by atoms with Gasteiger partial charge < -0.3 is 10.1 Å². The summed E-state index contributed by atoms with van der Waals surface area (Å²) in [5, 5.41) is 2.92. The highest BCUT2D eigenvalue weighted by atomic mass is 32.2. The molecule has 1 amide bonds. The molecule has 6 heteroatoms. The minimum atomic E-state index is 0.0167. The van der Waals surface area contributed by atoms with Crippen molar-refractivity contribution in [2.75, 3.05) is 12.9 Å². The summed E-state index contributed by atoms with van der Waals surface area (Å²) < 4.78 is 5.17. The van der Waals surface area contributed by atoms with Gasteiger partial charge in [-0.05, 0) is 42.5 Å². The fourth-order valence-corrected chi connectivity index (χ4v) is 3.34. The summed E-state index contributed by atoms with van der Waals surface area (Å²) in [5.74, 6) is 1.56. The third-order valence-electron chi connectivity index (χ3n) is 3.92. The van der Waals surface area contributed by atoms with Crippen LogP contribution in [-0.4, -0.2) is 28.7 Å². The molecule has 0 saturated carbocycles. The maximum atomic E-state index is 12.1. The lowest BCUT2D eigenvalue weighted by Gasteiger charge is -2.07. The molecule has 0 spiro atoms. The van der Waals surface area contributed by atoms with Gasteiger partial charge in [-0.2, -0.15) is 0 Å². The van der Waals surface area contributed by atoms with E-state index in [1.165, 1.54) is 11.2 Å². The molecule has 3 rings (SSSR count). The van der Waals surface area contributed by atoms with Crippen molar-refractivity contribution in [1.82, 2.24) is 15.3 Å². The first-order chi connectivity index (χ1) is 13.2. The lowest BCUT2D eigenvalue weighted by atomic mass is 10.1. The second-order valence-electron chi connectivity index (χ2n) is 5.81. The number of hydrogen-bond donors (Lipinski definition) is 1. The highest BCUT2D eigenvalue weighted by Gasteiger charge is 2.06. The summed E-state index contributed by atoms with van der Waals surface area (Å²) in [6, 6.07) is 19.6. The van der Waals surface area contributed by atoms with E-state index in [1.807, 2.05) is 60.7 Å². The normalized spacial score (nSPS) is 10.4. The van der Waals surface area contributed by atoms with E-state index in [0.717, 1.165) is 28.5 Å². The number of ether oxygens (including phenoxy) is 1. The maximum Gasteiger partial charge on any atom is 0.221 e. The third kappa shape index (κ3) is 5.82. The number of amides is 1. The SMILES string of the molecule is COc1ccc(-c2cc(CNC(=O)CCSc3ccccc3)ncn2)cc1. The van der Waals surface area contributed by atoms with Gasteiger partial charge in [0, 0.05) is 22.6 Å². The Morgan fingerprint density at radius 3 is 2.59 bits per heavy atom. The Bertz CT molecular complexity index is 870. The number of methoxy groups -OCH3 is 1. The van der Waals surface area contributed by atoms with E-state index in [0.29, 0.717) is 13.0 Å². The molecule has 5 nitrogen and oxygen atoms in total. The zero-order valence-electron chi connectivity index (χ0n) is 15.1. The van der Waals surface area contributed by atoms with Gasteiger partial charge in [-0.1, -0.05) is 18.2 Å². The van der Waals surface area contributed by atoms with Crippen LogP contribution in [0.2, 0.25) is 0 Å². The van der Waals surface area contributed by atoms with Crippen molar-refractivity contribution in [1.29, 1.82) is 0 Å². The Labute approximate surface area is 163 Å². The third-order valence-corrected chi connectivity index (χ3v) is 4.93. The van der Waals surface area contributed by atoms with E-state index >= 15 is 0 Å². The number of carbonyl (C=O) groups is 1. The van der Waals surface area contributed by atoms with E-state index < -0.39 is 0 Å². The average molecular weight is 379 g/mol. The van der Waals surface area contributed by atoms with E-state index in [4.69, 9.17) is 4.74 Å². The van der Waals surface area contributed by atoms with E-state index in [-0.39, 0.29) is 5.91 Å². The van der Waals surface area contributed by atoms with E-state index in [9.17, 15) is 4.79 Å². The summed E-state index contributed by atoms with van der Waals surface area (Å²) in [4.78, 5) is 21.8. The van der Waals surface area contributed by atoms with Crippen LogP contribution in [-0.2, 0) is 11.3 Å². The molecular formula is C21H21N3O2S. The number of aromatic nitrogens is 2. The van der Waals surface area contributed by atoms with Crippen LogP contribution < -0.4 is 10.1 Å². The molecule has 1 aromatic heterocycles. The Kier molecular flexibility index (Phi) is 6.82. The number of benzene rings is 2. The van der Waals surface area contributed by atoms with Crippen molar-refractivity contribution in [3.05, 3.63) is 72.7 Å². The van der Waals surface area contributed by atoms with E-state index in [1.54, 1.807) is 18.9 Å². The highest BCUT2D eigenvalue weighted by molar-refractivity contribution is 7.99. The van der Waals surface area contributed by atoms with Crippen molar-refractivity contribution in [2.45, 2.75) is 17.9 Å². The van der Waals surface area contributed by atoms with Gasteiger partial charge in [-0.3, -0.25) is 4.79 Å². The van der Waals surface area contributed by atoms with Gasteiger partial charge in [0.1, 0.15) is 12.1 Å². The summed E-state index contributed by atoms with van der Waals surface area (Å²) in [6.07, 6.45) is 1.99. The first-order valence-corrected chi connectivity index (χ1v) is 9.63. The van der Waals surface area contributed by atoms with Gasteiger partial charge in [0.15, 0.2) is 0 Å². The fraction of sp³-hybridized carbons (Fsp3) is 0.190. The molecule has 2 aromatic carbocycles. The largest absolute Gasteiger partial charge is 0.497 e. The minimum Gasteiger partial charge on any atom is -0.497 e. The van der Waals surface area contributed by atoms with Gasteiger partial charge in [0.2, 0.25) is 5.91 Å². The molecule has 0 aliphatic heterocycles. The second kappa shape index (κ2) is 9.73. The van der Waals surface area contributed by atoms with Crippen LogP contribution in [0.4, 0.5) is 0 Å². The van der Waals surface area contributed by atoms with Gasteiger partial charge >= 0.3 is 0 Å². The molecule has 138 valence electrons. The molecule has 0 aliphatic carbocycles. The van der Waals surface area contributed by atoms with Crippen LogP contribution in [0.25, 0.3) is 11.3 Å². The molecule has 0 saturated heterocycles. The van der Waals surface area contributed by atoms with Gasteiger partial charge in [-0.25, -0.2) is 9.97 Å². The molecule has 0 bridgehead atoms. The molecular weight excluding hydrogens is 358 g/mol. The minimum absolute atomic E-state index is 0.0167. The van der Waals surface area contributed by atoms with Gasteiger partial charge in [0.05, 0.1) is 25.0 Å². The first kappa shape index (κ1) is 18.9. The Morgan fingerprint density at radius 1 is 1.07 bits per heavy atom. The van der Waals surface area contributed by atoms with Crippen LogP contribution in [0.5, 0.6) is 5.75 Å². The monoisotopic (exact) mass is 379 g/mol. The standard InChI is InChI=1S/C21H21N3O2S/c1-26-18-9-7-16(8-10-18)20-13-17(23-15-24-20)14-22-21(25)11-12-27-19-5-3-2-4-6-19/h2-10,13,15H,11-12,14H2,1H3,(H,22,25). The van der Waals surface area contributed by atoms with Crippen LogP contribution in [0.15, 0.2) is 71.9 Å². The van der Waals surface area contributed by atoms with Crippen LogP contribution >= 0.6 is 11.8 Å². The number of thioether (sulfide) groups is 1. The molecule has 0 fully saturated rings. The zero-order valence-corrected chi connectivity index (χ0v) is 15.9. The number of rotatable bonds is 8. The quantitative estimate of drug-likeness (QED) is 0.601. The molecule has 0 aliphatic rings. The van der Waals surface area contributed by atoms with Crippen molar-refractivity contribution < 1.29 is 9.53 Å². The Hall–Kier alpha value is -2.86. The molecule has 1 N–H and O–H groups in total. The molecule has 3 aromatic rings. The molecule has 1 heterocycles. The van der Waals surface area contributed by atoms with Crippen LogP contribution in [0, 0.1) is 0 Å². The van der Waals surface area contributed by atoms with Gasteiger partial charge in [0.25, 0.3) is 0 Å². The average Bonchev–Trinajstić information content (AvgIpc) is 2.73. The predicted molar refractivity (Wildman–Crippen MR) is 108 cm³/mol. The molecule has 0 atom stereocenters. The van der Waals surface area contributed by atoms with Crippen molar-refractivity contribution in [2.24, 2.45) is 0 Å². The number of carbonyl (C=O) groups excluding carboxylic acids is 1. The summed E-state index contributed by atoms with van der Waals surface area (Å²) in [5.41, 5.74) is 2.57. The highest BCUT2D eigenvalue weighted by Crippen LogP contribution is 2.21. The number of hydrogen-bond acceptors (Lipinski definition) is 5. The summed E-state index contributed by atoms with van der Waals surface area (Å²) in [6.45, 7) is 0.389. The summed E-state index contributed by atoms with van der Waals surface area (Å²) in [7, 11) is 1.64. The Balaban J connectivity index is 1.49. The molecule has 0 radical (unpaired) electrons. The Morgan fingerprint density at radius 2 is 1.85 bits per heavy atom. The lowest BCUT2D eigenvalue weighted by molar-refractivity contribution is -0.120. The fourth-order valence-electron chi connectivity index (χ4n) is 2.47.